The van der Waals surface area contributed by atoms with Gasteiger partial charge in [0, 0.05) is 8.42 Å². The fourth-order valence-electron chi connectivity index (χ4n) is 4.50. The van der Waals surface area contributed by atoms with Gasteiger partial charge in [0.15, 0.2) is 11.5 Å². The molecule has 1 aliphatic heterocycles. The van der Waals surface area contributed by atoms with Gasteiger partial charge in [-0.05, 0) is 73.9 Å². The molecule has 2 N–H and O–H groups in total. The molecule has 0 radical (unpaired) electrons. The number of amides is 1. The second kappa shape index (κ2) is 9.30. The molecular weight excluding hydrogens is 506 g/mol. The first-order valence-corrected chi connectivity index (χ1v) is 13.6. The van der Waals surface area contributed by atoms with Crippen LogP contribution in [0.25, 0.3) is 11.3 Å². The van der Waals surface area contributed by atoms with Crippen LogP contribution in [0.1, 0.15) is 32.8 Å². The third-order valence-corrected chi connectivity index (χ3v) is 8.21. The van der Waals surface area contributed by atoms with Crippen molar-refractivity contribution in [3.8, 4) is 22.8 Å². The summed E-state index contributed by atoms with van der Waals surface area (Å²) in [7, 11) is -3.72. The Morgan fingerprint density at radius 3 is 2.53 bits per heavy atom. The van der Waals surface area contributed by atoms with Crippen molar-refractivity contribution >= 4 is 21.7 Å². The molecule has 38 heavy (non-hydrogen) atoms. The van der Waals surface area contributed by atoms with Gasteiger partial charge in [0.25, 0.3) is 0 Å². The van der Waals surface area contributed by atoms with Crippen LogP contribution in [-0.2, 0) is 26.8 Å². The van der Waals surface area contributed by atoms with Crippen molar-refractivity contribution in [3.05, 3.63) is 89.9 Å². The number of aromatic nitrogens is 1. The highest BCUT2D eigenvalue weighted by atomic mass is 32.2. The summed E-state index contributed by atoms with van der Waals surface area (Å²) in [5.74, 6) is 2.89. The molecule has 10 heteroatoms. The molecule has 2 aromatic carbocycles. The number of ether oxygens (including phenoxy) is 2. The summed E-state index contributed by atoms with van der Waals surface area (Å²) in [5, 5.41) is 2.95. The molecule has 1 amide bonds. The first-order chi connectivity index (χ1) is 18.3. The van der Waals surface area contributed by atoms with Gasteiger partial charge in [0.05, 0.1) is 22.5 Å². The highest BCUT2D eigenvalue weighted by Crippen LogP contribution is 2.51. The fraction of sp³-hybridized carbons (Fsp3) is 0.214. The predicted octanol–water partition coefficient (Wildman–Crippen LogP) is 5.02. The quantitative estimate of drug-likeness (QED) is 0.325. The Labute approximate surface area is 222 Å². The van der Waals surface area contributed by atoms with E-state index in [1.807, 2.05) is 18.2 Å². The third kappa shape index (κ3) is 4.64. The van der Waals surface area contributed by atoms with E-state index in [1.54, 1.807) is 49.4 Å². The SMILES string of the molecule is Cc1ccc(CNS(=O)(=O)c2ccc(-c3cccc(NC(=O)C4(c5ccc6c(c5)OCO6)CC4)n3)cc2)o1.[HH].[HH]. The standard InChI is InChI=1S/C28H25N3O6S.2H2/c1-18-5-9-21(37-18)16-29-38(33,34)22-10-6-19(7-11-22)23-3-2-4-26(30-23)31-27(32)28(13-14-28)20-8-12-24-25(15-20)36-17-35-24;;/h2-12,15,29H,13-14,16-17H2,1H3,(H,30,31,32);2*1H. The van der Waals surface area contributed by atoms with Gasteiger partial charge < -0.3 is 19.2 Å². The lowest BCUT2D eigenvalue weighted by atomic mass is 9.94. The van der Waals surface area contributed by atoms with E-state index in [0.717, 1.165) is 29.7 Å². The van der Waals surface area contributed by atoms with Crippen molar-refractivity contribution in [2.24, 2.45) is 0 Å². The molecule has 0 atom stereocenters. The molecular formula is C28H29N3O6S. The van der Waals surface area contributed by atoms with Crippen LogP contribution >= 0.6 is 0 Å². The van der Waals surface area contributed by atoms with Gasteiger partial charge in [0.1, 0.15) is 17.3 Å². The molecule has 198 valence electrons. The lowest BCUT2D eigenvalue weighted by Crippen LogP contribution is -2.28. The average Bonchev–Trinajstić information content (AvgIpc) is 3.42. The second-order valence-electron chi connectivity index (χ2n) is 9.37. The molecule has 1 fully saturated rings. The number of rotatable bonds is 8. The zero-order valence-electron chi connectivity index (χ0n) is 20.6. The van der Waals surface area contributed by atoms with E-state index in [4.69, 9.17) is 13.9 Å². The summed E-state index contributed by atoms with van der Waals surface area (Å²) >= 11 is 0. The Morgan fingerprint density at radius 1 is 1.00 bits per heavy atom. The van der Waals surface area contributed by atoms with Crippen molar-refractivity contribution in [2.45, 2.75) is 36.6 Å². The van der Waals surface area contributed by atoms with Crippen LogP contribution in [0.4, 0.5) is 5.82 Å². The van der Waals surface area contributed by atoms with Gasteiger partial charge in [-0.2, -0.15) is 0 Å². The topological polar surface area (TPSA) is 120 Å². The smallest absolute Gasteiger partial charge is 0.240 e. The highest BCUT2D eigenvalue weighted by Gasteiger charge is 2.51. The monoisotopic (exact) mass is 535 g/mol. The van der Waals surface area contributed by atoms with E-state index in [-0.39, 0.29) is 27.0 Å². The van der Waals surface area contributed by atoms with Crippen LogP contribution < -0.4 is 19.5 Å². The van der Waals surface area contributed by atoms with E-state index in [9.17, 15) is 13.2 Å². The minimum Gasteiger partial charge on any atom is -0.465 e. The number of nitrogens with one attached hydrogen (secondary N) is 2. The number of pyridine rings is 1. The largest absolute Gasteiger partial charge is 0.465 e. The molecule has 0 bridgehead atoms. The minimum absolute atomic E-state index is 0. The van der Waals surface area contributed by atoms with Crippen molar-refractivity contribution < 1.29 is 30.0 Å². The number of carbonyl (C=O) groups is 1. The summed E-state index contributed by atoms with van der Waals surface area (Å²) in [6.45, 7) is 2.05. The molecule has 0 saturated heterocycles. The van der Waals surface area contributed by atoms with E-state index >= 15 is 0 Å². The Kier molecular flexibility index (Phi) is 5.93. The number of hydrogen-bond acceptors (Lipinski definition) is 7. The van der Waals surface area contributed by atoms with Gasteiger partial charge >= 0.3 is 0 Å². The summed E-state index contributed by atoms with van der Waals surface area (Å²) < 4.78 is 44.2. The van der Waals surface area contributed by atoms with Gasteiger partial charge in [-0.1, -0.05) is 24.3 Å². The molecule has 4 aromatic rings. The third-order valence-electron chi connectivity index (χ3n) is 6.79. The predicted molar refractivity (Wildman–Crippen MR) is 143 cm³/mol. The maximum atomic E-state index is 13.3. The molecule has 2 aromatic heterocycles. The number of furan rings is 1. The Balaban J connectivity index is 0.00000185. The molecule has 1 saturated carbocycles. The Bertz CT molecular complexity index is 1640. The summed E-state index contributed by atoms with van der Waals surface area (Å²) in [5.41, 5.74) is 1.61. The number of fused-ring (bicyclic) bond motifs is 1. The molecule has 0 unspecified atom stereocenters. The van der Waals surface area contributed by atoms with Gasteiger partial charge in [0.2, 0.25) is 22.7 Å². The molecule has 9 nitrogen and oxygen atoms in total. The molecule has 0 spiro atoms. The Hall–Kier alpha value is -4.15. The van der Waals surface area contributed by atoms with E-state index in [0.29, 0.717) is 28.8 Å². The number of nitrogens with zero attached hydrogens (tertiary/aromatic N) is 1. The highest BCUT2D eigenvalue weighted by molar-refractivity contribution is 7.89. The van der Waals surface area contributed by atoms with E-state index in [1.165, 1.54) is 12.1 Å². The molecule has 1 aliphatic carbocycles. The zero-order valence-corrected chi connectivity index (χ0v) is 21.4. The molecule has 3 heterocycles. The number of hydrogen-bond donors (Lipinski definition) is 2. The maximum absolute atomic E-state index is 13.3. The molecule has 6 rings (SSSR count). The Morgan fingerprint density at radius 2 is 1.79 bits per heavy atom. The van der Waals surface area contributed by atoms with Crippen LogP contribution in [0, 0.1) is 6.92 Å². The first-order valence-electron chi connectivity index (χ1n) is 12.2. The van der Waals surface area contributed by atoms with Gasteiger partial charge in [-0.25, -0.2) is 18.1 Å². The van der Waals surface area contributed by atoms with Gasteiger partial charge in [-0.3, -0.25) is 4.79 Å². The van der Waals surface area contributed by atoms with E-state index < -0.39 is 15.4 Å². The van der Waals surface area contributed by atoms with Crippen LogP contribution in [0.5, 0.6) is 11.5 Å². The summed E-state index contributed by atoms with van der Waals surface area (Å²) in [6.07, 6.45) is 1.48. The van der Waals surface area contributed by atoms with Crippen LogP contribution in [0.3, 0.4) is 0 Å². The first kappa shape index (κ1) is 24.2. The fourth-order valence-corrected chi connectivity index (χ4v) is 5.49. The lowest BCUT2D eigenvalue weighted by molar-refractivity contribution is -0.118. The summed E-state index contributed by atoms with van der Waals surface area (Å²) in [6, 6.07) is 20.9. The number of carbonyl (C=O) groups excluding carboxylic acids is 1. The molecule has 2 aliphatic rings. The van der Waals surface area contributed by atoms with Crippen molar-refractivity contribution in [3.63, 3.8) is 0 Å². The zero-order chi connectivity index (χ0) is 26.3. The van der Waals surface area contributed by atoms with Crippen LogP contribution in [-0.4, -0.2) is 26.1 Å². The second-order valence-corrected chi connectivity index (χ2v) is 11.1. The number of sulfonamides is 1. The number of benzene rings is 2. The van der Waals surface area contributed by atoms with Gasteiger partial charge in [-0.15, -0.1) is 0 Å². The van der Waals surface area contributed by atoms with Crippen molar-refractivity contribution in [1.29, 1.82) is 0 Å². The van der Waals surface area contributed by atoms with Crippen molar-refractivity contribution in [1.82, 2.24) is 9.71 Å². The average molecular weight is 536 g/mol. The number of aryl methyl sites for hydroxylation is 1. The van der Waals surface area contributed by atoms with Crippen LogP contribution in [0.2, 0.25) is 0 Å². The summed E-state index contributed by atoms with van der Waals surface area (Å²) in [4.78, 5) is 18.0. The van der Waals surface area contributed by atoms with Crippen molar-refractivity contribution in [2.75, 3.05) is 12.1 Å². The minimum atomic E-state index is -3.72. The maximum Gasteiger partial charge on any atom is 0.240 e. The number of anilines is 1. The lowest BCUT2D eigenvalue weighted by Gasteiger charge is -2.16. The van der Waals surface area contributed by atoms with E-state index in [2.05, 4.69) is 15.0 Å². The van der Waals surface area contributed by atoms with Crippen LogP contribution in [0.15, 0.2) is 82.1 Å². The normalized spacial score (nSPS) is 15.3.